The number of hydrogen-bond acceptors (Lipinski definition) is 9. The first-order valence-corrected chi connectivity index (χ1v) is 16.7. The zero-order chi connectivity index (χ0) is 30.3. The highest BCUT2D eigenvalue weighted by Crippen LogP contribution is 2.50. The fourth-order valence-corrected chi connectivity index (χ4v) is 5.89. The SMILES string of the molecule is C/C=C\[C@H](C)[C@H]1O[C@@]1(C)[C@@H](O[Si](C)(C)C(C)(C)C)[C@@H](COC(C)=O)C(=O)[C@H](COC(C)=O)[C@H](O)CC(=O)CC. The second-order valence-electron chi connectivity index (χ2n) is 12.3. The minimum atomic E-state index is -2.51. The number of ether oxygens (including phenoxy) is 3. The summed E-state index contributed by atoms with van der Waals surface area (Å²) in [6.07, 6.45) is 1.42. The molecule has 10 heteroatoms. The molecule has 0 amide bonds. The normalized spacial score (nSPS) is 23.4. The van der Waals surface area contributed by atoms with E-state index in [-0.39, 0.29) is 42.3 Å². The molecule has 0 spiro atoms. The molecule has 0 aromatic heterocycles. The van der Waals surface area contributed by atoms with Crippen LogP contribution in [0.1, 0.15) is 75.2 Å². The fourth-order valence-electron chi connectivity index (χ4n) is 4.51. The van der Waals surface area contributed by atoms with Gasteiger partial charge < -0.3 is 23.7 Å². The summed E-state index contributed by atoms with van der Waals surface area (Å²) in [5.74, 6) is -4.16. The molecular weight excluding hydrogens is 520 g/mol. The van der Waals surface area contributed by atoms with E-state index in [1.807, 2.05) is 32.9 Å². The number of aliphatic hydroxyl groups is 1. The smallest absolute Gasteiger partial charge is 0.302 e. The lowest BCUT2D eigenvalue weighted by atomic mass is 9.79. The van der Waals surface area contributed by atoms with Gasteiger partial charge in [-0.2, -0.15) is 0 Å². The van der Waals surface area contributed by atoms with E-state index in [1.165, 1.54) is 13.8 Å². The molecule has 1 aliphatic rings. The highest BCUT2D eigenvalue weighted by Gasteiger charge is 2.64. The number of aliphatic hydroxyl groups excluding tert-OH is 1. The van der Waals surface area contributed by atoms with E-state index in [0.29, 0.717) is 0 Å². The standard InChI is InChI=1S/C29H50O9Si/c1-12-14-18(3)26-29(9,37-26)27(38-39(10,11)28(6,7)8)23(17-36-20(5)31)25(34)22(16-35-19(4)30)24(33)15-21(32)13-2/h12,14,18,22-24,26-27,33H,13,15-17H2,1-11H3/b14-12-/t18-,22+,23-,24+,26+,27-,29+/m0/s1. The van der Waals surface area contributed by atoms with Crippen LogP contribution in [0.5, 0.6) is 0 Å². The first kappa shape index (κ1) is 35.1. The summed E-state index contributed by atoms with van der Waals surface area (Å²) in [4.78, 5) is 49.9. The van der Waals surface area contributed by atoms with Crippen LogP contribution in [0.3, 0.4) is 0 Å². The number of Topliss-reactive ketones (excluding diaryl/α,β-unsaturated/α-hetero) is 2. The van der Waals surface area contributed by atoms with Gasteiger partial charge >= 0.3 is 11.9 Å². The summed E-state index contributed by atoms with van der Waals surface area (Å²) in [5.41, 5.74) is -0.884. The first-order chi connectivity index (χ1) is 17.8. The highest BCUT2D eigenvalue weighted by molar-refractivity contribution is 6.74. The number of rotatable bonds is 16. The lowest BCUT2D eigenvalue weighted by Gasteiger charge is -2.43. The van der Waals surface area contributed by atoms with Crippen molar-refractivity contribution in [3.8, 4) is 0 Å². The van der Waals surface area contributed by atoms with Crippen molar-refractivity contribution in [1.29, 1.82) is 0 Å². The predicted octanol–water partition coefficient (Wildman–Crippen LogP) is 4.40. The average Bonchev–Trinajstić information content (AvgIpc) is 3.50. The second kappa shape index (κ2) is 14.1. The Kier molecular flexibility index (Phi) is 12.7. The molecule has 0 saturated carbocycles. The van der Waals surface area contributed by atoms with Gasteiger partial charge in [0.15, 0.2) is 14.1 Å². The van der Waals surface area contributed by atoms with Gasteiger partial charge in [0.1, 0.15) is 24.6 Å². The van der Waals surface area contributed by atoms with Gasteiger partial charge in [-0.1, -0.05) is 46.8 Å². The van der Waals surface area contributed by atoms with Gasteiger partial charge in [0.25, 0.3) is 0 Å². The van der Waals surface area contributed by atoms with Crippen LogP contribution in [0.4, 0.5) is 0 Å². The van der Waals surface area contributed by atoms with Crippen LogP contribution < -0.4 is 0 Å². The Labute approximate surface area is 235 Å². The van der Waals surface area contributed by atoms with Gasteiger partial charge in [0, 0.05) is 32.6 Å². The van der Waals surface area contributed by atoms with Crippen LogP contribution in [0.25, 0.3) is 0 Å². The Hall–Kier alpha value is -1.88. The highest BCUT2D eigenvalue weighted by atomic mass is 28.4. The molecule has 0 aliphatic carbocycles. The molecule has 1 fully saturated rings. The zero-order valence-electron chi connectivity index (χ0n) is 25.7. The summed E-state index contributed by atoms with van der Waals surface area (Å²) in [7, 11) is -2.51. The maximum Gasteiger partial charge on any atom is 0.302 e. The Morgan fingerprint density at radius 1 is 1.05 bits per heavy atom. The summed E-state index contributed by atoms with van der Waals surface area (Å²) in [6, 6.07) is 0. The molecule has 1 N–H and O–H groups in total. The Morgan fingerprint density at radius 3 is 2.00 bits per heavy atom. The molecule has 1 aliphatic heterocycles. The van der Waals surface area contributed by atoms with Crippen molar-refractivity contribution in [2.75, 3.05) is 13.2 Å². The monoisotopic (exact) mass is 570 g/mol. The molecule has 0 aromatic rings. The number of epoxide rings is 1. The van der Waals surface area contributed by atoms with Crippen LogP contribution in [-0.2, 0) is 37.8 Å². The topological polar surface area (TPSA) is 129 Å². The molecule has 1 saturated heterocycles. The quantitative estimate of drug-likeness (QED) is 0.124. The number of ketones is 2. The van der Waals surface area contributed by atoms with Crippen LogP contribution in [-0.4, -0.2) is 74.1 Å². The van der Waals surface area contributed by atoms with Crippen molar-refractivity contribution in [3.05, 3.63) is 12.2 Å². The van der Waals surface area contributed by atoms with Gasteiger partial charge in [-0.15, -0.1) is 0 Å². The van der Waals surface area contributed by atoms with Crippen LogP contribution in [0.15, 0.2) is 12.2 Å². The molecule has 224 valence electrons. The number of carbonyl (C=O) groups excluding carboxylic acids is 4. The fraction of sp³-hybridized carbons (Fsp3) is 0.793. The van der Waals surface area contributed by atoms with Gasteiger partial charge in [-0.3, -0.25) is 19.2 Å². The summed E-state index contributed by atoms with van der Waals surface area (Å²) in [5, 5.41) is 10.8. The van der Waals surface area contributed by atoms with Crippen LogP contribution in [0.2, 0.25) is 18.1 Å². The van der Waals surface area contributed by atoms with E-state index in [1.54, 1.807) is 6.92 Å². The van der Waals surface area contributed by atoms with Gasteiger partial charge in [0.05, 0.1) is 30.1 Å². The van der Waals surface area contributed by atoms with E-state index in [9.17, 15) is 24.3 Å². The minimum absolute atomic E-state index is 0.0274. The van der Waals surface area contributed by atoms with E-state index >= 15 is 0 Å². The summed E-state index contributed by atoms with van der Waals surface area (Å²) < 4.78 is 23.7. The molecule has 0 aromatic carbocycles. The van der Waals surface area contributed by atoms with Crippen molar-refractivity contribution >= 4 is 31.8 Å². The second-order valence-corrected chi connectivity index (χ2v) is 17.0. The zero-order valence-corrected chi connectivity index (χ0v) is 26.7. The molecule has 1 rings (SSSR count). The molecule has 9 nitrogen and oxygen atoms in total. The Morgan fingerprint density at radius 2 is 1.56 bits per heavy atom. The third-order valence-corrected chi connectivity index (χ3v) is 12.4. The molecule has 1 heterocycles. The summed E-state index contributed by atoms with van der Waals surface area (Å²) >= 11 is 0. The average molecular weight is 571 g/mol. The van der Waals surface area contributed by atoms with Gasteiger partial charge in [-0.05, 0) is 32.0 Å². The van der Waals surface area contributed by atoms with Crippen LogP contribution in [0, 0.1) is 17.8 Å². The third-order valence-electron chi connectivity index (χ3n) is 7.98. The maximum atomic E-state index is 14.2. The molecule has 0 radical (unpaired) electrons. The maximum absolute atomic E-state index is 14.2. The summed E-state index contributed by atoms with van der Waals surface area (Å²) in [6.45, 7) is 19.6. The van der Waals surface area contributed by atoms with Crippen molar-refractivity contribution in [3.63, 3.8) is 0 Å². The molecule has 7 atom stereocenters. The number of carbonyl (C=O) groups is 4. The molecule has 39 heavy (non-hydrogen) atoms. The van der Waals surface area contributed by atoms with E-state index < -0.39 is 62.3 Å². The first-order valence-electron chi connectivity index (χ1n) is 13.8. The number of esters is 2. The Balaban J connectivity index is 3.65. The van der Waals surface area contributed by atoms with E-state index in [4.69, 9.17) is 18.6 Å². The predicted molar refractivity (Wildman–Crippen MR) is 151 cm³/mol. The van der Waals surface area contributed by atoms with E-state index in [2.05, 4.69) is 33.9 Å². The lowest BCUT2D eigenvalue weighted by Crippen LogP contribution is -2.55. The van der Waals surface area contributed by atoms with E-state index in [0.717, 1.165) is 0 Å². The molecule has 0 unspecified atom stereocenters. The lowest BCUT2D eigenvalue weighted by molar-refractivity contribution is -0.152. The Bertz CT molecular complexity index is 907. The minimum Gasteiger partial charge on any atom is -0.465 e. The van der Waals surface area contributed by atoms with Crippen molar-refractivity contribution < 1.29 is 42.9 Å². The molecular formula is C29H50O9Si. The number of hydrogen-bond donors (Lipinski definition) is 1. The largest absolute Gasteiger partial charge is 0.465 e. The molecule has 0 bridgehead atoms. The van der Waals surface area contributed by atoms with Crippen molar-refractivity contribution in [2.45, 2.75) is 117 Å². The van der Waals surface area contributed by atoms with Gasteiger partial charge in [-0.25, -0.2) is 0 Å². The third kappa shape index (κ3) is 9.62. The van der Waals surface area contributed by atoms with Crippen molar-refractivity contribution in [1.82, 2.24) is 0 Å². The van der Waals surface area contributed by atoms with Crippen molar-refractivity contribution in [2.24, 2.45) is 17.8 Å². The number of allylic oxidation sites excluding steroid dienone is 1. The van der Waals surface area contributed by atoms with Crippen LogP contribution >= 0.6 is 0 Å². The van der Waals surface area contributed by atoms with Gasteiger partial charge in [0.2, 0.25) is 0 Å².